The van der Waals surface area contributed by atoms with Crippen LogP contribution in [0.5, 0.6) is 0 Å². The molecule has 0 heterocycles. The summed E-state index contributed by atoms with van der Waals surface area (Å²) in [6, 6.07) is 4.73. The maximum Gasteiger partial charge on any atom is 0.273 e. The summed E-state index contributed by atoms with van der Waals surface area (Å²) in [5.74, 6) is -0.459. The quantitative estimate of drug-likeness (QED) is 0.445. The van der Waals surface area contributed by atoms with Crippen LogP contribution < -0.4 is 16.2 Å². The molecule has 3 N–H and O–H groups in total. The number of hydrogen-bond donors (Lipinski definition) is 3. The third kappa shape index (κ3) is 4.62. The van der Waals surface area contributed by atoms with E-state index in [0.717, 1.165) is 12.8 Å². The Balaban J connectivity index is 1.90. The number of carbonyl (C=O) groups excluding carboxylic acids is 1. The molecule has 1 amide bonds. The number of carbonyl (C=O) groups is 1. The lowest BCUT2D eigenvalue weighted by atomic mass is 9.96. The zero-order chi connectivity index (χ0) is 16.8. The maximum atomic E-state index is 12.2. The number of nitrogens with zero attached hydrogens (tertiary/aromatic N) is 1. The Hall–Kier alpha value is -2.22. The standard InChI is InChI=1S/C15H20N4O3S/c1-10-12(8-5-9-13(10)19(21)22)14(20)17-18-15(23)16-11-6-3-2-4-7-11/h5,8-9,11H,2-4,6-7H2,1H3,(H,17,20)(H2,16,18,23). The minimum Gasteiger partial charge on any atom is -0.359 e. The first kappa shape index (κ1) is 17.1. The largest absolute Gasteiger partial charge is 0.359 e. The van der Waals surface area contributed by atoms with E-state index >= 15 is 0 Å². The maximum absolute atomic E-state index is 12.2. The summed E-state index contributed by atoms with van der Waals surface area (Å²) in [5, 5.41) is 14.4. The molecule has 1 saturated carbocycles. The van der Waals surface area contributed by atoms with Crippen molar-refractivity contribution in [2.45, 2.75) is 45.1 Å². The lowest BCUT2D eigenvalue weighted by Gasteiger charge is -2.24. The van der Waals surface area contributed by atoms with Gasteiger partial charge in [-0.15, -0.1) is 0 Å². The molecule has 0 unspecified atom stereocenters. The second-order valence-electron chi connectivity index (χ2n) is 5.59. The molecule has 1 fully saturated rings. The Bertz CT molecular complexity index is 615. The van der Waals surface area contributed by atoms with Gasteiger partial charge in [0.25, 0.3) is 11.6 Å². The molecule has 0 bridgehead atoms. The number of nitro benzene ring substituents is 1. The highest BCUT2D eigenvalue weighted by Crippen LogP contribution is 2.20. The molecule has 124 valence electrons. The first-order chi connectivity index (χ1) is 11.0. The van der Waals surface area contributed by atoms with Crippen molar-refractivity contribution in [3.8, 4) is 0 Å². The van der Waals surface area contributed by atoms with Crippen molar-refractivity contribution in [3.63, 3.8) is 0 Å². The van der Waals surface area contributed by atoms with E-state index in [1.165, 1.54) is 37.5 Å². The normalized spacial score (nSPS) is 14.8. The van der Waals surface area contributed by atoms with Crippen LogP contribution in [0, 0.1) is 17.0 Å². The number of rotatable bonds is 3. The van der Waals surface area contributed by atoms with Gasteiger partial charge in [-0.25, -0.2) is 0 Å². The van der Waals surface area contributed by atoms with Gasteiger partial charge in [-0.1, -0.05) is 25.3 Å². The first-order valence-corrected chi connectivity index (χ1v) is 8.00. The minimum atomic E-state index is -0.505. The van der Waals surface area contributed by atoms with Crippen LogP contribution in [0.4, 0.5) is 5.69 Å². The second kappa shape index (κ2) is 7.87. The number of nitro groups is 1. The number of amides is 1. The van der Waals surface area contributed by atoms with Crippen molar-refractivity contribution in [2.75, 3.05) is 0 Å². The Morgan fingerprint density at radius 2 is 1.96 bits per heavy atom. The summed E-state index contributed by atoms with van der Waals surface area (Å²) >= 11 is 5.16. The van der Waals surface area contributed by atoms with Gasteiger partial charge in [-0.05, 0) is 38.0 Å². The molecule has 1 aromatic carbocycles. The van der Waals surface area contributed by atoms with E-state index in [4.69, 9.17) is 12.2 Å². The van der Waals surface area contributed by atoms with E-state index in [1.54, 1.807) is 6.92 Å². The van der Waals surface area contributed by atoms with Gasteiger partial charge in [0, 0.05) is 17.7 Å². The van der Waals surface area contributed by atoms with Crippen LogP contribution in [-0.4, -0.2) is 22.0 Å². The molecule has 7 nitrogen and oxygen atoms in total. The van der Waals surface area contributed by atoms with Crippen LogP contribution in [0.1, 0.15) is 48.0 Å². The van der Waals surface area contributed by atoms with E-state index in [2.05, 4.69) is 16.2 Å². The molecule has 0 atom stereocenters. The Morgan fingerprint density at radius 1 is 1.26 bits per heavy atom. The predicted octanol–water partition coefficient (Wildman–Crippen LogP) is 2.34. The lowest BCUT2D eigenvalue weighted by Crippen LogP contribution is -2.50. The van der Waals surface area contributed by atoms with Gasteiger partial charge < -0.3 is 5.32 Å². The lowest BCUT2D eigenvalue weighted by molar-refractivity contribution is -0.385. The summed E-state index contributed by atoms with van der Waals surface area (Å²) in [6.45, 7) is 1.55. The first-order valence-electron chi connectivity index (χ1n) is 7.60. The van der Waals surface area contributed by atoms with Crippen LogP contribution in [0.2, 0.25) is 0 Å². The summed E-state index contributed by atoms with van der Waals surface area (Å²) in [7, 11) is 0. The van der Waals surface area contributed by atoms with Crippen LogP contribution in [0.25, 0.3) is 0 Å². The van der Waals surface area contributed by atoms with Crippen molar-refractivity contribution in [2.24, 2.45) is 0 Å². The van der Waals surface area contributed by atoms with E-state index < -0.39 is 10.8 Å². The highest BCUT2D eigenvalue weighted by molar-refractivity contribution is 7.80. The van der Waals surface area contributed by atoms with E-state index in [0.29, 0.717) is 16.7 Å². The van der Waals surface area contributed by atoms with Crippen molar-refractivity contribution in [3.05, 3.63) is 39.4 Å². The molecule has 0 spiro atoms. The summed E-state index contributed by atoms with van der Waals surface area (Å²) < 4.78 is 0. The van der Waals surface area contributed by atoms with Crippen molar-refractivity contribution in [1.82, 2.24) is 16.2 Å². The van der Waals surface area contributed by atoms with Gasteiger partial charge in [-0.2, -0.15) is 0 Å². The molecular weight excluding hydrogens is 316 g/mol. The number of benzene rings is 1. The highest BCUT2D eigenvalue weighted by atomic mass is 32.1. The topological polar surface area (TPSA) is 96.3 Å². The van der Waals surface area contributed by atoms with Gasteiger partial charge in [0.2, 0.25) is 0 Å². The molecule has 0 aliphatic heterocycles. The van der Waals surface area contributed by atoms with Gasteiger partial charge in [-0.3, -0.25) is 25.8 Å². The average molecular weight is 336 g/mol. The number of hydrogen-bond acceptors (Lipinski definition) is 4. The average Bonchev–Trinajstić information content (AvgIpc) is 2.53. The van der Waals surface area contributed by atoms with Crippen LogP contribution in [-0.2, 0) is 0 Å². The summed E-state index contributed by atoms with van der Waals surface area (Å²) in [6.07, 6.45) is 5.75. The zero-order valence-corrected chi connectivity index (χ0v) is 13.7. The monoisotopic (exact) mass is 336 g/mol. The Kier molecular flexibility index (Phi) is 5.86. The highest BCUT2D eigenvalue weighted by Gasteiger charge is 2.18. The van der Waals surface area contributed by atoms with E-state index in [9.17, 15) is 14.9 Å². The van der Waals surface area contributed by atoms with Crippen molar-refractivity contribution in [1.29, 1.82) is 0 Å². The molecule has 1 aliphatic carbocycles. The molecule has 0 aromatic heterocycles. The Morgan fingerprint density at radius 3 is 2.61 bits per heavy atom. The van der Waals surface area contributed by atoms with Crippen LogP contribution in [0.3, 0.4) is 0 Å². The fraction of sp³-hybridized carbons (Fsp3) is 0.467. The molecule has 0 radical (unpaired) electrons. The van der Waals surface area contributed by atoms with Crippen LogP contribution >= 0.6 is 12.2 Å². The molecular formula is C15H20N4O3S. The third-order valence-electron chi connectivity index (χ3n) is 3.98. The van der Waals surface area contributed by atoms with E-state index in [-0.39, 0.29) is 11.3 Å². The summed E-state index contributed by atoms with van der Waals surface area (Å²) in [5.41, 5.74) is 5.62. The molecule has 1 aliphatic rings. The molecule has 0 saturated heterocycles. The number of nitrogens with one attached hydrogen (secondary N) is 3. The third-order valence-corrected chi connectivity index (χ3v) is 4.20. The predicted molar refractivity (Wildman–Crippen MR) is 91.0 cm³/mol. The van der Waals surface area contributed by atoms with Crippen molar-refractivity contribution >= 4 is 28.9 Å². The molecule has 1 aromatic rings. The molecule has 23 heavy (non-hydrogen) atoms. The van der Waals surface area contributed by atoms with Gasteiger partial charge in [0.15, 0.2) is 5.11 Å². The Labute approximate surface area is 140 Å². The van der Waals surface area contributed by atoms with Crippen molar-refractivity contribution < 1.29 is 9.72 Å². The van der Waals surface area contributed by atoms with Crippen LogP contribution in [0.15, 0.2) is 18.2 Å². The van der Waals surface area contributed by atoms with Gasteiger partial charge >= 0.3 is 0 Å². The van der Waals surface area contributed by atoms with Gasteiger partial charge in [0.1, 0.15) is 0 Å². The fourth-order valence-corrected chi connectivity index (χ4v) is 2.93. The smallest absolute Gasteiger partial charge is 0.273 e. The second-order valence-corrected chi connectivity index (χ2v) is 6.00. The number of thiocarbonyl (C=S) groups is 1. The number of hydrazine groups is 1. The zero-order valence-electron chi connectivity index (χ0n) is 12.9. The fourth-order valence-electron chi connectivity index (χ4n) is 2.72. The molecule has 8 heteroatoms. The minimum absolute atomic E-state index is 0.0828. The van der Waals surface area contributed by atoms with Gasteiger partial charge in [0.05, 0.1) is 10.5 Å². The van der Waals surface area contributed by atoms with E-state index in [1.807, 2.05) is 0 Å². The summed E-state index contributed by atoms with van der Waals surface area (Å²) in [4.78, 5) is 22.6. The SMILES string of the molecule is Cc1c(C(=O)NNC(=S)NC2CCCCC2)cccc1[N+](=O)[O-]. The molecule has 2 rings (SSSR count).